The lowest BCUT2D eigenvalue weighted by Gasteiger charge is -1.91. The van der Waals surface area contributed by atoms with Gasteiger partial charge in [0.1, 0.15) is 10.0 Å². The number of nitrogens with zero attached hydrogens (tertiary/aromatic N) is 3. The summed E-state index contributed by atoms with van der Waals surface area (Å²) in [5, 5.41) is 10.2. The maximum absolute atomic E-state index is 5.62. The van der Waals surface area contributed by atoms with Crippen LogP contribution in [-0.4, -0.2) is 21.1 Å². The minimum absolute atomic E-state index is 0.671. The third-order valence-electron chi connectivity index (χ3n) is 1.92. The summed E-state index contributed by atoms with van der Waals surface area (Å²) in [4.78, 5) is 3.97. The summed E-state index contributed by atoms with van der Waals surface area (Å²) >= 11 is 7.24. The van der Waals surface area contributed by atoms with Crippen molar-refractivity contribution in [3.05, 3.63) is 29.5 Å². The average molecular weight is 240 g/mol. The molecule has 0 amide bonds. The zero-order valence-corrected chi connectivity index (χ0v) is 9.63. The van der Waals surface area contributed by atoms with Crippen LogP contribution in [0.1, 0.15) is 11.4 Å². The summed E-state index contributed by atoms with van der Waals surface area (Å²) in [5.41, 5.74) is 1.07. The number of hydrogen-bond donors (Lipinski definition) is 0. The van der Waals surface area contributed by atoms with E-state index in [4.69, 9.17) is 11.6 Å². The van der Waals surface area contributed by atoms with E-state index < -0.39 is 0 Å². The molecule has 0 N–H and O–H groups in total. The van der Waals surface area contributed by atoms with E-state index in [1.165, 1.54) is 0 Å². The van der Waals surface area contributed by atoms with Gasteiger partial charge in [0.15, 0.2) is 0 Å². The fourth-order valence-electron chi connectivity index (χ4n) is 1.18. The molecule has 0 aromatic carbocycles. The third kappa shape index (κ3) is 2.73. The zero-order chi connectivity index (χ0) is 10.5. The van der Waals surface area contributed by atoms with Crippen LogP contribution in [0.15, 0.2) is 24.5 Å². The smallest absolute Gasteiger partial charge is 0.147 e. The highest BCUT2D eigenvalue weighted by atomic mass is 35.5. The first-order chi connectivity index (χ1) is 7.40. The first-order valence-corrected chi connectivity index (χ1v) is 6.04. The Morgan fingerprint density at radius 2 is 2.00 bits per heavy atom. The van der Waals surface area contributed by atoms with Crippen molar-refractivity contribution in [3.63, 3.8) is 0 Å². The van der Waals surface area contributed by atoms with Crippen LogP contribution in [-0.2, 0) is 6.42 Å². The molecule has 0 saturated carbocycles. The lowest BCUT2D eigenvalue weighted by Crippen LogP contribution is -1.84. The Morgan fingerprint density at radius 3 is 2.73 bits per heavy atom. The summed E-state index contributed by atoms with van der Waals surface area (Å²) < 4.78 is 0. The largest absolute Gasteiger partial charge is 0.265 e. The van der Waals surface area contributed by atoms with Gasteiger partial charge >= 0.3 is 0 Å². The molecule has 0 saturated heterocycles. The minimum Gasteiger partial charge on any atom is -0.265 e. The summed E-state index contributed by atoms with van der Waals surface area (Å²) in [6.45, 7) is 0. The zero-order valence-electron chi connectivity index (χ0n) is 8.06. The maximum Gasteiger partial charge on any atom is 0.147 e. The molecule has 2 aromatic heterocycles. The first-order valence-electron chi connectivity index (χ1n) is 4.69. The molecular weight excluding hydrogens is 230 g/mol. The Morgan fingerprint density at radius 1 is 1.20 bits per heavy atom. The Hall–Kier alpha value is -1.000. The van der Waals surface area contributed by atoms with Gasteiger partial charge in [-0.2, -0.15) is 0 Å². The van der Waals surface area contributed by atoms with Crippen molar-refractivity contribution >= 4 is 22.9 Å². The third-order valence-corrected chi connectivity index (χ3v) is 3.22. The number of aromatic nitrogens is 3. The first kappa shape index (κ1) is 10.5. The molecule has 3 nitrogen and oxygen atoms in total. The number of halogens is 1. The van der Waals surface area contributed by atoms with E-state index >= 15 is 0 Å². The molecule has 2 heterocycles. The van der Waals surface area contributed by atoms with Crippen molar-refractivity contribution in [1.82, 2.24) is 15.2 Å². The van der Waals surface area contributed by atoms with Crippen molar-refractivity contribution in [1.29, 1.82) is 0 Å². The SMILES string of the molecule is ClCCCc1nnc(-c2ccncc2)s1. The molecule has 5 heteroatoms. The van der Waals surface area contributed by atoms with Gasteiger partial charge in [-0.1, -0.05) is 11.3 Å². The molecule has 0 spiro atoms. The summed E-state index contributed by atoms with van der Waals surface area (Å²) in [6.07, 6.45) is 5.38. The van der Waals surface area contributed by atoms with Crippen LogP contribution >= 0.6 is 22.9 Å². The molecule has 0 aliphatic carbocycles. The molecule has 78 valence electrons. The van der Waals surface area contributed by atoms with Crippen molar-refractivity contribution in [3.8, 4) is 10.6 Å². The summed E-state index contributed by atoms with van der Waals surface area (Å²) in [7, 11) is 0. The summed E-state index contributed by atoms with van der Waals surface area (Å²) in [5.74, 6) is 0.671. The molecular formula is C10H10ClN3S. The quantitative estimate of drug-likeness (QED) is 0.771. The number of hydrogen-bond acceptors (Lipinski definition) is 4. The molecule has 15 heavy (non-hydrogen) atoms. The van der Waals surface area contributed by atoms with Gasteiger partial charge in [-0.3, -0.25) is 4.98 Å². The molecule has 0 atom stereocenters. The van der Waals surface area contributed by atoms with Gasteiger partial charge in [0.2, 0.25) is 0 Å². The average Bonchev–Trinajstić information content (AvgIpc) is 2.76. The highest BCUT2D eigenvalue weighted by Crippen LogP contribution is 2.23. The van der Waals surface area contributed by atoms with E-state index in [1.54, 1.807) is 23.7 Å². The molecule has 0 aliphatic heterocycles. The lowest BCUT2D eigenvalue weighted by molar-refractivity contribution is 0.884. The van der Waals surface area contributed by atoms with E-state index in [0.29, 0.717) is 5.88 Å². The highest BCUT2D eigenvalue weighted by Gasteiger charge is 2.05. The topological polar surface area (TPSA) is 38.7 Å². The minimum atomic E-state index is 0.671. The Kier molecular flexibility index (Phi) is 3.64. The fraction of sp³-hybridized carbons (Fsp3) is 0.300. The number of alkyl halides is 1. The monoisotopic (exact) mass is 239 g/mol. The van der Waals surface area contributed by atoms with E-state index in [2.05, 4.69) is 15.2 Å². The van der Waals surface area contributed by atoms with Gasteiger partial charge in [0.05, 0.1) is 0 Å². The van der Waals surface area contributed by atoms with Crippen LogP contribution in [0.3, 0.4) is 0 Å². The van der Waals surface area contributed by atoms with Gasteiger partial charge in [-0.05, 0) is 18.6 Å². The van der Waals surface area contributed by atoms with Crippen molar-refractivity contribution in [2.45, 2.75) is 12.8 Å². The molecule has 2 aromatic rings. The molecule has 0 fully saturated rings. The number of pyridine rings is 1. The summed E-state index contributed by atoms with van der Waals surface area (Å²) in [6, 6.07) is 3.87. The molecule has 0 aliphatic rings. The van der Waals surface area contributed by atoms with Crippen molar-refractivity contribution in [2.75, 3.05) is 5.88 Å². The van der Waals surface area contributed by atoms with Crippen molar-refractivity contribution in [2.24, 2.45) is 0 Å². The van der Waals surface area contributed by atoms with Crippen LogP contribution in [0.4, 0.5) is 0 Å². The van der Waals surface area contributed by atoms with Gasteiger partial charge in [0.25, 0.3) is 0 Å². The molecule has 2 rings (SSSR count). The second-order valence-corrected chi connectivity index (χ2v) is 4.47. The Labute approximate surface area is 97.2 Å². The van der Waals surface area contributed by atoms with Crippen LogP contribution in [0.2, 0.25) is 0 Å². The maximum atomic E-state index is 5.62. The van der Waals surface area contributed by atoms with E-state index in [0.717, 1.165) is 28.4 Å². The van der Waals surface area contributed by atoms with Crippen LogP contribution in [0, 0.1) is 0 Å². The van der Waals surface area contributed by atoms with Crippen molar-refractivity contribution < 1.29 is 0 Å². The van der Waals surface area contributed by atoms with E-state index in [1.807, 2.05) is 12.1 Å². The van der Waals surface area contributed by atoms with E-state index in [9.17, 15) is 0 Å². The van der Waals surface area contributed by atoms with Gasteiger partial charge in [-0.25, -0.2) is 0 Å². The van der Waals surface area contributed by atoms with Crippen LogP contribution in [0.25, 0.3) is 10.6 Å². The molecule has 0 unspecified atom stereocenters. The molecule has 0 bridgehead atoms. The Bertz CT molecular complexity index is 416. The van der Waals surface area contributed by atoms with Gasteiger partial charge in [-0.15, -0.1) is 21.8 Å². The van der Waals surface area contributed by atoms with Gasteiger partial charge < -0.3 is 0 Å². The Balaban J connectivity index is 2.14. The normalized spacial score (nSPS) is 10.5. The predicted molar refractivity (Wildman–Crippen MR) is 62.2 cm³/mol. The van der Waals surface area contributed by atoms with Crippen LogP contribution in [0.5, 0.6) is 0 Å². The second-order valence-electron chi connectivity index (χ2n) is 3.03. The van der Waals surface area contributed by atoms with E-state index in [-0.39, 0.29) is 0 Å². The van der Waals surface area contributed by atoms with Gasteiger partial charge in [0, 0.05) is 30.3 Å². The standard InChI is InChI=1S/C10H10ClN3S/c11-5-1-2-9-13-14-10(15-9)8-3-6-12-7-4-8/h3-4,6-7H,1-2,5H2. The fourth-order valence-corrected chi connectivity index (χ4v) is 2.20. The molecule has 0 radical (unpaired) electrons. The van der Waals surface area contributed by atoms with Crippen LogP contribution < -0.4 is 0 Å². The lowest BCUT2D eigenvalue weighted by atomic mass is 10.3. The highest BCUT2D eigenvalue weighted by molar-refractivity contribution is 7.14. The number of aryl methyl sites for hydroxylation is 1. The number of rotatable bonds is 4. The predicted octanol–water partition coefficient (Wildman–Crippen LogP) is 2.77. The second kappa shape index (κ2) is 5.19.